The van der Waals surface area contributed by atoms with Crippen LogP contribution in [0.4, 0.5) is 0 Å². The summed E-state index contributed by atoms with van der Waals surface area (Å²) in [4.78, 5) is 13.5. The summed E-state index contributed by atoms with van der Waals surface area (Å²) in [6.45, 7) is 6.37. The van der Waals surface area contributed by atoms with E-state index in [1.807, 2.05) is 0 Å². The molecule has 0 bridgehead atoms. The molecule has 82 valence electrons. The topological polar surface area (TPSA) is 32.3 Å². The van der Waals surface area contributed by atoms with Gasteiger partial charge < -0.3 is 10.2 Å². The quantitative estimate of drug-likeness (QED) is 0.692. The molecule has 1 aliphatic heterocycles. The average molecular weight is 198 g/mol. The normalized spacial score (nSPS) is 19.9. The van der Waals surface area contributed by atoms with Gasteiger partial charge in [-0.05, 0) is 25.9 Å². The Morgan fingerprint density at radius 2 is 2.21 bits per heavy atom. The number of carbonyl (C=O) groups is 1. The van der Waals surface area contributed by atoms with E-state index in [9.17, 15) is 4.79 Å². The van der Waals surface area contributed by atoms with Crippen LogP contribution in [-0.2, 0) is 4.79 Å². The van der Waals surface area contributed by atoms with Crippen molar-refractivity contribution >= 4 is 5.91 Å². The maximum Gasteiger partial charge on any atom is 0.220 e. The number of unbranched alkanes of at least 4 members (excludes halogenated alkanes) is 2. The second kappa shape index (κ2) is 6.82. The second-order valence-electron chi connectivity index (χ2n) is 4.00. The van der Waals surface area contributed by atoms with E-state index >= 15 is 0 Å². The van der Waals surface area contributed by atoms with Crippen molar-refractivity contribution in [2.24, 2.45) is 0 Å². The Morgan fingerprint density at radius 1 is 1.36 bits per heavy atom. The molecule has 0 spiro atoms. The van der Waals surface area contributed by atoms with Gasteiger partial charge >= 0.3 is 0 Å². The van der Waals surface area contributed by atoms with E-state index in [-0.39, 0.29) is 5.91 Å². The first kappa shape index (κ1) is 11.5. The molecule has 0 aliphatic carbocycles. The van der Waals surface area contributed by atoms with Crippen molar-refractivity contribution in [2.75, 3.05) is 26.2 Å². The zero-order chi connectivity index (χ0) is 10.2. The van der Waals surface area contributed by atoms with E-state index in [0.717, 1.165) is 26.1 Å². The summed E-state index contributed by atoms with van der Waals surface area (Å²) < 4.78 is 0. The molecular weight excluding hydrogens is 176 g/mol. The molecule has 1 aliphatic rings. The summed E-state index contributed by atoms with van der Waals surface area (Å²) in [6, 6.07) is 0. The Morgan fingerprint density at radius 3 is 3.00 bits per heavy atom. The standard InChI is InChI=1S/C11H22N2O/c1-2-3-4-8-13-9-5-6-11(14)12-7-10-13/h2-10H2,1H3,(H,12,14). The first-order chi connectivity index (χ1) is 6.83. The smallest absolute Gasteiger partial charge is 0.220 e. The van der Waals surface area contributed by atoms with E-state index in [0.29, 0.717) is 6.42 Å². The molecule has 0 aromatic carbocycles. The summed E-state index contributed by atoms with van der Waals surface area (Å²) in [7, 11) is 0. The Hall–Kier alpha value is -0.570. The summed E-state index contributed by atoms with van der Waals surface area (Å²) in [5, 5.41) is 2.92. The fraction of sp³-hybridized carbons (Fsp3) is 0.909. The van der Waals surface area contributed by atoms with Crippen molar-refractivity contribution in [3.8, 4) is 0 Å². The number of amides is 1. The maximum absolute atomic E-state index is 11.1. The molecular formula is C11H22N2O. The number of hydrogen-bond donors (Lipinski definition) is 1. The minimum absolute atomic E-state index is 0.221. The van der Waals surface area contributed by atoms with E-state index < -0.39 is 0 Å². The predicted octanol–water partition coefficient (Wildman–Crippen LogP) is 1.39. The number of carbonyl (C=O) groups excluding carboxylic acids is 1. The molecule has 1 N–H and O–H groups in total. The highest BCUT2D eigenvalue weighted by Crippen LogP contribution is 2.02. The highest BCUT2D eigenvalue weighted by atomic mass is 16.1. The first-order valence-corrected chi connectivity index (χ1v) is 5.82. The van der Waals surface area contributed by atoms with E-state index in [1.54, 1.807) is 0 Å². The minimum Gasteiger partial charge on any atom is -0.355 e. The third-order valence-electron chi connectivity index (χ3n) is 2.71. The lowest BCUT2D eigenvalue weighted by molar-refractivity contribution is -0.121. The number of nitrogens with one attached hydrogen (secondary N) is 1. The highest BCUT2D eigenvalue weighted by molar-refractivity contribution is 5.75. The van der Waals surface area contributed by atoms with Gasteiger partial charge in [0.05, 0.1) is 0 Å². The van der Waals surface area contributed by atoms with Crippen LogP contribution < -0.4 is 5.32 Å². The van der Waals surface area contributed by atoms with Crippen molar-refractivity contribution in [2.45, 2.75) is 39.0 Å². The predicted molar refractivity (Wildman–Crippen MR) is 58.2 cm³/mol. The lowest BCUT2D eigenvalue weighted by Crippen LogP contribution is -2.39. The van der Waals surface area contributed by atoms with Crippen LogP contribution >= 0.6 is 0 Å². The van der Waals surface area contributed by atoms with E-state index in [2.05, 4.69) is 17.1 Å². The Labute approximate surface area is 86.9 Å². The van der Waals surface area contributed by atoms with Crippen LogP contribution in [0.2, 0.25) is 0 Å². The average Bonchev–Trinajstić information content (AvgIpc) is 2.14. The molecule has 14 heavy (non-hydrogen) atoms. The third kappa shape index (κ3) is 4.61. The van der Waals surface area contributed by atoms with Gasteiger partial charge in [0, 0.05) is 19.5 Å². The molecule has 1 heterocycles. The fourth-order valence-electron chi connectivity index (χ4n) is 1.83. The van der Waals surface area contributed by atoms with Crippen molar-refractivity contribution in [3.05, 3.63) is 0 Å². The fourth-order valence-corrected chi connectivity index (χ4v) is 1.83. The van der Waals surface area contributed by atoms with Crippen LogP contribution in [0.5, 0.6) is 0 Å². The highest BCUT2D eigenvalue weighted by Gasteiger charge is 2.10. The number of nitrogens with zero attached hydrogens (tertiary/aromatic N) is 1. The first-order valence-electron chi connectivity index (χ1n) is 5.82. The molecule has 0 atom stereocenters. The summed E-state index contributed by atoms with van der Waals surface area (Å²) >= 11 is 0. The van der Waals surface area contributed by atoms with Gasteiger partial charge in [-0.2, -0.15) is 0 Å². The van der Waals surface area contributed by atoms with Gasteiger partial charge in [0.1, 0.15) is 0 Å². The molecule has 0 aromatic heterocycles. The van der Waals surface area contributed by atoms with Gasteiger partial charge in [-0.1, -0.05) is 19.8 Å². The summed E-state index contributed by atoms with van der Waals surface area (Å²) in [5.41, 5.74) is 0. The van der Waals surface area contributed by atoms with Gasteiger partial charge in [0.2, 0.25) is 5.91 Å². The Kier molecular flexibility index (Phi) is 5.60. The van der Waals surface area contributed by atoms with Crippen molar-refractivity contribution in [1.82, 2.24) is 10.2 Å². The minimum atomic E-state index is 0.221. The van der Waals surface area contributed by atoms with E-state index in [1.165, 1.54) is 25.8 Å². The molecule has 1 amide bonds. The van der Waals surface area contributed by atoms with Gasteiger partial charge in [0.15, 0.2) is 0 Å². The van der Waals surface area contributed by atoms with Crippen LogP contribution in [0.15, 0.2) is 0 Å². The maximum atomic E-state index is 11.1. The van der Waals surface area contributed by atoms with Crippen LogP contribution in [0, 0.1) is 0 Å². The van der Waals surface area contributed by atoms with E-state index in [4.69, 9.17) is 0 Å². The number of rotatable bonds is 4. The van der Waals surface area contributed by atoms with Gasteiger partial charge in [-0.25, -0.2) is 0 Å². The van der Waals surface area contributed by atoms with Crippen molar-refractivity contribution in [3.63, 3.8) is 0 Å². The van der Waals surface area contributed by atoms with Crippen LogP contribution in [-0.4, -0.2) is 37.0 Å². The van der Waals surface area contributed by atoms with Crippen molar-refractivity contribution < 1.29 is 4.79 Å². The van der Waals surface area contributed by atoms with Crippen molar-refractivity contribution in [1.29, 1.82) is 0 Å². The zero-order valence-electron chi connectivity index (χ0n) is 9.22. The number of hydrogen-bond acceptors (Lipinski definition) is 2. The lowest BCUT2D eigenvalue weighted by Gasteiger charge is -2.24. The monoisotopic (exact) mass is 198 g/mol. The molecule has 0 aromatic rings. The Balaban J connectivity index is 2.15. The van der Waals surface area contributed by atoms with Crippen LogP contribution in [0.3, 0.4) is 0 Å². The zero-order valence-corrected chi connectivity index (χ0v) is 9.22. The molecule has 0 radical (unpaired) electrons. The molecule has 0 saturated carbocycles. The van der Waals surface area contributed by atoms with Crippen LogP contribution in [0.1, 0.15) is 39.0 Å². The van der Waals surface area contributed by atoms with Crippen LogP contribution in [0.25, 0.3) is 0 Å². The van der Waals surface area contributed by atoms with Gasteiger partial charge in [-0.15, -0.1) is 0 Å². The summed E-state index contributed by atoms with van der Waals surface area (Å²) in [5.74, 6) is 0.221. The molecule has 1 rings (SSSR count). The van der Waals surface area contributed by atoms with Gasteiger partial charge in [-0.3, -0.25) is 4.79 Å². The lowest BCUT2D eigenvalue weighted by atomic mass is 10.2. The molecule has 3 nitrogen and oxygen atoms in total. The molecule has 0 unspecified atom stereocenters. The molecule has 1 saturated heterocycles. The molecule has 1 fully saturated rings. The largest absolute Gasteiger partial charge is 0.355 e. The third-order valence-corrected chi connectivity index (χ3v) is 2.71. The summed E-state index contributed by atoms with van der Waals surface area (Å²) in [6.07, 6.45) is 5.61. The Bertz CT molecular complexity index is 159. The molecule has 3 heteroatoms. The van der Waals surface area contributed by atoms with Gasteiger partial charge in [0.25, 0.3) is 0 Å². The second-order valence-corrected chi connectivity index (χ2v) is 4.00. The SMILES string of the molecule is CCCCCN1CCCC(=O)NCC1.